The zero-order valence-electron chi connectivity index (χ0n) is 10.9. The van der Waals surface area contributed by atoms with Crippen LogP contribution in [0.4, 0.5) is 24.5 Å². The van der Waals surface area contributed by atoms with Crippen molar-refractivity contribution < 1.29 is 13.2 Å². The Morgan fingerprint density at radius 2 is 2.10 bits per heavy atom. The van der Waals surface area contributed by atoms with Crippen LogP contribution >= 0.6 is 11.3 Å². The van der Waals surface area contributed by atoms with Crippen molar-refractivity contribution in [1.29, 1.82) is 0 Å². The summed E-state index contributed by atoms with van der Waals surface area (Å²) in [6.07, 6.45) is -2.67. The minimum Gasteiger partial charge on any atom is -0.397 e. The van der Waals surface area contributed by atoms with Crippen molar-refractivity contribution in [3.8, 4) is 0 Å². The van der Waals surface area contributed by atoms with Gasteiger partial charge in [0.25, 0.3) is 0 Å². The van der Waals surface area contributed by atoms with Crippen LogP contribution in [0.1, 0.15) is 17.8 Å². The molecule has 1 heterocycles. The normalized spacial score (nSPS) is 15.8. The standard InChI is InChI=1S/C13H14F3N3S/c1-7-18-10-5-11(9(17)4-12(10)20-7)19(8-2-3-8)6-13(14,15)16/h4-5,8H,2-3,6,17H2,1H3. The lowest BCUT2D eigenvalue weighted by molar-refractivity contribution is -0.119. The molecule has 3 rings (SSSR count). The number of halogens is 3. The lowest BCUT2D eigenvalue weighted by Crippen LogP contribution is -2.36. The van der Waals surface area contributed by atoms with Crippen molar-refractivity contribution in [3.05, 3.63) is 17.1 Å². The Labute approximate surface area is 118 Å². The number of nitrogen functional groups attached to an aromatic ring is 1. The van der Waals surface area contributed by atoms with Crippen LogP contribution in [0.5, 0.6) is 0 Å². The summed E-state index contributed by atoms with van der Waals surface area (Å²) in [5.41, 5.74) is 7.50. The summed E-state index contributed by atoms with van der Waals surface area (Å²) < 4.78 is 39.1. The zero-order valence-corrected chi connectivity index (χ0v) is 11.7. The van der Waals surface area contributed by atoms with Crippen molar-refractivity contribution in [2.75, 3.05) is 17.2 Å². The largest absolute Gasteiger partial charge is 0.405 e. The van der Waals surface area contributed by atoms with Crippen LogP contribution in [0.15, 0.2) is 12.1 Å². The minimum atomic E-state index is -4.23. The van der Waals surface area contributed by atoms with E-state index in [0.717, 1.165) is 22.5 Å². The van der Waals surface area contributed by atoms with Crippen LogP contribution in [0, 0.1) is 6.92 Å². The number of hydrogen-bond acceptors (Lipinski definition) is 4. The van der Waals surface area contributed by atoms with Crippen molar-refractivity contribution in [2.45, 2.75) is 32.0 Å². The first kappa shape index (κ1) is 13.5. The predicted molar refractivity (Wildman–Crippen MR) is 75.2 cm³/mol. The number of benzene rings is 1. The van der Waals surface area contributed by atoms with Crippen molar-refractivity contribution in [1.82, 2.24) is 4.98 Å². The molecule has 1 saturated carbocycles. The SMILES string of the molecule is Cc1nc2cc(N(CC(F)(F)F)C3CC3)c(N)cc2s1. The lowest BCUT2D eigenvalue weighted by Gasteiger charge is -2.27. The highest BCUT2D eigenvalue weighted by Crippen LogP contribution is 2.39. The maximum absolute atomic E-state index is 12.7. The van der Waals surface area contributed by atoms with Gasteiger partial charge in [0.05, 0.1) is 26.6 Å². The molecule has 1 aromatic heterocycles. The summed E-state index contributed by atoms with van der Waals surface area (Å²) in [5, 5.41) is 0.880. The van der Waals surface area contributed by atoms with E-state index in [0.29, 0.717) is 16.9 Å². The van der Waals surface area contributed by atoms with Crippen LogP contribution in [-0.2, 0) is 0 Å². The molecule has 0 bridgehead atoms. The second-order valence-electron chi connectivity index (χ2n) is 5.09. The van der Waals surface area contributed by atoms with Gasteiger partial charge in [-0.25, -0.2) is 4.98 Å². The van der Waals surface area contributed by atoms with E-state index in [1.165, 1.54) is 16.2 Å². The topological polar surface area (TPSA) is 42.2 Å². The molecular weight excluding hydrogens is 287 g/mol. The zero-order chi connectivity index (χ0) is 14.5. The highest BCUT2D eigenvalue weighted by molar-refractivity contribution is 7.18. The summed E-state index contributed by atoms with van der Waals surface area (Å²) in [4.78, 5) is 5.69. The number of hydrogen-bond donors (Lipinski definition) is 1. The molecule has 1 aromatic carbocycles. The molecule has 0 saturated heterocycles. The molecule has 1 fully saturated rings. The molecule has 2 N–H and O–H groups in total. The molecule has 0 amide bonds. The minimum absolute atomic E-state index is 0.0592. The third kappa shape index (κ3) is 2.67. The highest BCUT2D eigenvalue weighted by Gasteiger charge is 2.39. The third-order valence-corrected chi connectivity index (χ3v) is 4.22. The summed E-state index contributed by atoms with van der Waals surface area (Å²) in [6.45, 7) is 0.908. The molecular formula is C13H14F3N3S. The second kappa shape index (κ2) is 4.51. The Kier molecular flexibility index (Phi) is 3.04. The van der Waals surface area contributed by atoms with E-state index >= 15 is 0 Å². The van der Waals surface area contributed by atoms with E-state index in [-0.39, 0.29) is 6.04 Å². The van der Waals surface area contributed by atoms with E-state index < -0.39 is 12.7 Å². The average Bonchev–Trinajstić information content (AvgIpc) is 3.07. The van der Waals surface area contributed by atoms with Crippen LogP contribution in [0.3, 0.4) is 0 Å². The quantitative estimate of drug-likeness (QED) is 0.879. The van der Waals surface area contributed by atoms with E-state index in [4.69, 9.17) is 5.73 Å². The van der Waals surface area contributed by atoms with Gasteiger partial charge in [-0.05, 0) is 31.9 Å². The summed E-state index contributed by atoms with van der Waals surface area (Å²) in [5.74, 6) is 0. The number of nitrogens with zero attached hydrogens (tertiary/aromatic N) is 2. The summed E-state index contributed by atoms with van der Waals surface area (Å²) in [7, 11) is 0. The Hall–Kier alpha value is -1.50. The number of anilines is 2. The number of alkyl halides is 3. The van der Waals surface area contributed by atoms with Crippen molar-refractivity contribution >= 4 is 32.9 Å². The summed E-state index contributed by atoms with van der Waals surface area (Å²) >= 11 is 1.49. The van der Waals surface area contributed by atoms with E-state index in [9.17, 15) is 13.2 Å². The molecule has 0 spiro atoms. The highest BCUT2D eigenvalue weighted by atomic mass is 32.1. The number of aromatic nitrogens is 1. The number of aryl methyl sites for hydroxylation is 1. The third-order valence-electron chi connectivity index (χ3n) is 3.29. The molecule has 108 valence electrons. The smallest absolute Gasteiger partial charge is 0.397 e. The number of nitrogens with two attached hydrogens (primary N) is 1. The predicted octanol–water partition coefficient (Wildman–Crippen LogP) is 3.72. The molecule has 2 aromatic rings. The first-order valence-electron chi connectivity index (χ1n) is 6.33. The van der Waals surface area contributed by atoms with Gasteiger partial charge in [-0.15, -0.1) is 11.3 Å². The van der Waals surface area contributed by atoms with Gasteiger partial charge < -0.3 is 10.6 Å². The molecule has 20 heavy (non-hydrogen) atoms. The Morgan fingerprint density at radius 1 is 1.40 bits per heavy atom. The fraction of sp³-hybridized carbons (Fsp3) is 0.462. The maximum atomic E-state index is 12.7. The molecule has 3 nitrogen and oxygen atoms in total. The van der Waals surface area contributed by atoms with Gasteiger partial charge in [-0.2, -0.15) is 13.2 Å². The van der Waals surface area contributed by atoms with E-state index in [2.05, 4.69) is 4.98 Å². The maximum Gasteiger partial charge on any atom is 0.405 e. The van der Waals surface area contributed by atoms with Gasteiger partial charge in [0.15, 0.2) is 0 Å². The fourth-order valence-corrected chi connectivity index (χ4v) is 3.19. The number of thiazole rings is 1. The first-order chi connectivity index (χ1) is 9.33. The molecule has 0 unspecified atom stereocenters. The fourth-order valence-electron chi connectivity index (χ4n) is 2.33. The molecule has 7 heteroatoms. The lowest BCUT2D eigenvalue weighted by atomic mass is 10.2. The van der Waals surface area contributed by atoms with Gasteiger partial charge in [-0.3, -0.25) is 0 Å². The van der Waals surface area contributed by atoms with Gasteiger partial charge >= 0.3 is 6.18 Å². The van der Waals surface area contributed by atoms with Gasteiger partial charge in [-0.1, -0.05) is 0 Å². The Balaban J connectivity index is 2.03. The van der Waals surface area contributed by atoms with Gasteiger partial charge in [0.2, 0.25) is 0 Å². The second-order valence-corrected chi connectivity index (χ2v) is 6.32. The molecule has 0 atom stereocenters. The van der Waals surface area contributed by atoms with Crippen LogP contribution < -0.4 is 10.6 Å². The number of rotatable bonds is 3. The Bertz CT molecular complexity index is 646. The van der Waals surface area contributed by atoms with Crippen LogP contribution in [0.2, 0.25) is 0 Å². The molecule has 0 radical (unpaired) electrons. The van der Waals surface area contributed by atoms with Crippen LogP contribution in [-0.4, -0.2) is 23.7 Å². The molecule has 0 aliphatic heterocycles. The van der Waals surface area contributed by atoms with Gasteiger partial charge in [0, 0.05) is 6.04 Å². The first-order valence-corrected chi connectivity index (χ1v) is 7.15. The van der Waals surface area contributed by atoms with Gasteiger partial charge in [0.1, 0.15) is 6.54 Å². The van der Waals surface area contributed by atoms with Crippen molar-refractivity contribution in [2.24, 2.45) is 0 Å². The van der Waals surface area contributed by atoms with Crippen molar-refractivity contribution in [3.63, 3.8) is 0 Å². The monoisotopic (exact) mass is 301 g/mol. The Morgan fingerprint density at radius 3 is 2.70 bits per heavy atom. The van der Waals surface area contributed by atoms with Crippen LogP contribution in [0.25, 0.3) is 10.2 Å². The molecule has 1 aliphatic rings. The van der Waals surface area contributed by atoms with E-state index in [1.54, 1.807) is 12.1 Å². The van der Waals surface area contributed by atoms with E-state index in [1.807, 2.05) is 6.92 Å². The molecule has 1 aliphatic carbocycles. The summed E-state index contributed by atoms with van der Waals surface area (Å²) in [6, 6.07) is 3.34. The average molecular weight is 301 g/mol. The number of fused-ring (bicyclic) bond motifs is 1.